The Morgan fingerprint density at radius 3 is 2.59 bits per heavy atom. The van der Waals surface area contributed by atoms with E-state index < -0.39 is 0 Å². The first-order chi connectivity index (χ1) is 13.3. The zero-order valence-electron chi connectivity index (χ0n) is 14.8. The first kappa shape index (κ1) is 17.4. The summed E-state index contributed by atoms with van der Waals surface area (Å²) >= 11 is 1.73. The number of fused-ring (bicyclic) bond motifs is 1. The van der Waals surface area contributed by atoms with Crippen molar-refractivity contribution in [2.24, 2.45) is 0 Å². The van der Waals surface area contributed by atoms with E-state index in [1.807, 2.05) is 54.6 Å². The van der Waals surface area contributed by atoms with Crippen molar-refractivity contribution in [2.75, 3.05) is 5.32 Å². The molecule has 0 spiro atoms. The molecule has 1 amide bonds. The minimum Gasteiger partial charge on any atom is -0.326 e. The number of pyridine rings is 1. The van der Waals surface area contributed by atoms with Crippen LogP contribution in [0.2, 0.25) is 0 Å². The van der Waals surface area contributed by atoms with E-state index in [-0.39, 0.29) is 5.91 Å². The Morgan fingerprint density at radius 1 is 0.963 bits per heavy atom. The van der Waals surface area contributed by atoms with E-state index in [9.17, 15) is 4.79 Å². The normalized spacial score (nSPS) is 10.8. The Labute approximate surface area is 161 Å². The molecule has 0 aliphatic carbocycles. The second-order valence-corrected chi connectivity index (χ2v) is 7.47. The van der Waals surface area contributed by atoms with E-state index in [0.29, 0.717) is 12.8 Å². The first-order valence-corrected chi connectivity index (χ1v) is 9.70. The number of amides is 1. The Balaban J connectivity index is 1.33. The van der Waals surface area contributed by atoms with E-state index >= 15 is 0 Å². The SMILES string of the molecule is O=C(CCc1cccnc1)Nc1ccc(Cc2nc3ccccc3s2)cc1. The molecule has 5 heteroatoms. The Kier molecular flexibility index (Phi) is 5.21. The largest absolute Gasteiger partial charge is 0.326 e. The number of anilines is 1. The second-order valence-electron chi connectivity index (χ2n) is 6.36. The van der Waals surface area contributed by atoms with Crippen LogP contribution in [0.4, 0.5) is 5.69 Å². The highest BCUT2D eigenvalue weighted by Gasteiger charge is 2.06. The van der Waals surface area contributed by atoms with Crippen molar-refractivity contribution in [3.05, 3.63) is 89.2 Å². The summed E-state index contributed by atoms with van der Waals surface area (Å²) in [7, 11) is 0. The topological polar surface area (TPSA) is 54.9 Å². The lowest BCUT2D eigenvalue weighted by molar-refractivity contribution is -0.116. The maximum atomic E-state index is 12.1. The smallest absolute Gasteiger partial charge is 0.224 e. The summed E-state index contributed by atoms with van der Waals surface area (Å²) in [5.74, 6) is 0.0118. The zero-order valence-corrected chi connectivity index (χ0v) is 15.6. The van der Waals surface area contributed by atoms with Gasteiger partial charge in [-0.1, -0.05) is 30.3 Å². The molecule has 0 saturated carbocycles. The van der Waals surface area contributed by atoms with Gasteiger partial charge in [-0.2, -0.15) is 0 Å². The minimum atomic E-state index is 0.0118. The molecule has 2 aromatic heterocycles. The highest BCUT2D eigenvalue weighted by atomic mass is 32.1. The van der Waals surface area contributed by atoms with E-state index in [0.717, 1.165) is 28.2 Å². The molecule has 2 heterocycles. The van der Waals surface area contributed by atoms with Gasteiger partial charge in [0.1, 0.15) is 0 Å². The Hall–Kier alpha value is -3.05. The predicted molar refractivity (Wildman–Crippen MR) is 110 cm³/mol. The number of thiazole rings is 1. The van der Waals surface area contributed by atoms with Gasteiger partial charge in [0.25, 0.3) is 0 Å². The van der Waals surface area contributed by atoms with E-state index in [2.05, 4.69) is 21.4 Å². The van der Waals surface area contributed by atoms with Gasteiger partial charge in [-0.15, -0.1) is 11.3 Å². The van der Waals surface area contributed by atoms with Gasteiger partial charge in [-0.05, 0) is 47.9 Å². The quantitative estimate of drug-likeness (QED) is 0.525. The molecular formula is C22H19N3OS. The van der Waals surface area contributed by atoms with Crippen LogP contribution in [-0.4, -0.2) is 15.9 Å². The van der Waals surface area contributed by atoms with Crippen LogP contribution in [0, 0.1) is 0 Å². The number of carbonyl (C=O) groups excluding carboxylic acids is 1. The first-order valence-electron chi connectivity index (χ1n) is 8.88. The monoisotopic (exact) mass is 373 g/mol. The zero-order chi connectivity index (χ0) is 18.5. The number of para-hydroxylation sites is 1. The summed E-state index contributed by atoms with van der Waals surface area (Å²) in [6.07, 6.45) is 5.46. The van der Waals surface area contributed by atoms with E-state index in [1.54, 1.807) is 23.7 Å². The molecule has 0 fully saturated rings. The summed E-state index contributed by atoms with van der Waals surface area (Å²) in [4.78, 5) is 20.9. The number of aryl methyl sites for hydroxylation is 1. The van der Waals surface area contributed by atoms with Gasteiger partial charge in [-0.25, -0.2) is 4.98 Å². The third kappa shape index (κ3) is 4.57. The lowest BCUT2D eigenvalue weighted by Crippen LogP contribution is -2.12. The molecule has 0 atom stereocenters. The minimum absolute atomic E-state index is 0.0118. The fraction of sp³-hybridized carbons (Fsp3) is 0.136. The molecule has 0 unspecified atom stereocenters. The van der Waals surface area contributed by atoms with Crippen LogP contribution in [0.25, 0.3) is 10.2 Å². The molecule has 4 aromatic rings. The standard InChI is InChI=1S/C22H19N3OS/c26-21(12-9-17-4-3-13-23-15-17)24-18-10-7-16(8-11-18)14-22-25-19-5-1-2-6-20(19)27-22/h1-8,10-11,13,15H,9,12,14H2,(H,24,26). The third-order valence-corrected chi connectivity index (χ3v) is 5.33. The highest BCUT2D eigenvalue weighted by molar-refractivity contribution is 7.18. The van der Waals surface area contributed by atoms with Crippen LogP contribution in [0.3, 0.4) is 0 Å². The average molecular weight is 373 g/mol. The number of aromatic nitrogens is 2. The number of hydrogen-bond donors (Lipinski definition) is 1. The van der Waals surface area contributed by atoms with Gasteiger partial charge in [-0.3, -0.25) is 9.78 Å². The van der Waals surface area contributed by atoms with Crippen molar-refractivity contribution in [2.45, 2.75) is 19.3 Å². The molecule has 2 aromatic carbocycles. The maximum Gasteiger partial charge on any atom is 0.224 e. The molecule has 0 bridgehead atoms. The number of hydrogen-bond acceptors (Lipinski definition) is 4. The second kappa shape index (κ2) is 8.10. The summed E-state index contributed by atoms with van der Waals surface area (Å²) < 4.78 is 1.21. The molecule has 0 aliphatic heterocycles. The van der Waals surface area contributed by atoms with Crippen LogP contribution < -0.4 is 5.32 Å². The molecule has 4 rings (SSSR count). The number of benzene rings is 2. The van der Waals surface area contributed by atoms with Gasteiger partial charge in [0.05, 0.1) is 15.2 Å². The number of rotatable bonds is 6. The van der Waals surface area contributed by atoms with E-state index in [4.69, 9.17) is 0 Å². The summed E-state index contributed by atoms with van der Waals surface area (Å²) in [5.41, 5.74) is 4.12. The molecule has 0 aliphatic rings. The average Bonchev–Trinajstić information content (AvgIpc) is 3.11. The fourth-order valence-corrected chi connectivity index (χ4v) is 3.90. The summed E-state index contributed by atoms with van der Waals surface area (Å²) in [6, 6.07) is 20.0. The Morgan fingerprint density at radius 2 is 1.81 bits per heavy atom. The van der Waals surface area contributed by atoms with Gasteiger partial charge in [0.2, 0.25) is 5.91 Å². The maximum absolute atomic E-state index is 12.1. The molecular weight excluding hydrogens is 354 g/mol. The molecule has 0 radical (unpaired) electrons. The van der Waals surface area contributed by atoms with Gasteiger partial charge >= 0.3 is 0 Å². The molecule has 27 heavy (non-hydrogen) atoms. The predicted octanol–water partition coefficient (Wildman–Crippen LogP) is 4.85. The third-order valence-electron chi connectivity index (χ3n) is 4.29. The number of carbonyl (C=O) groups is 1. The summed E-state index contributed by atoms with van der Waals surface area (Å²) in [5, 5.41) is 4.05. The van der Waals surface area contributed by atoms with Crippen molar-refractivity contribution in [3.63, 3.8) is 0 Å². The van der Waals surface area contributed by atoms with Crippen molar-refractivity contribution in [1.82, 2.24) is 9.97 Å². The van der Waals surface area contributed by atoms with Crippen molar-refractivity contribution < 1.29 is 4.79 Å². The number of nitrogens with one attached hydrogen (secondary N) is 1. The highest BCUT2D eigenvalue weighted by Crippen LogP contribution is 2.24. The lowest BCUT2D eigenvalue weighted by Gasteiger charge is -2.06. The van der Waals surface area contributed by atoms with Crippen LogP contribution in [-0.2, 0) is 17.6 Å². The molecule has 0 saturated heterocycles. The summed E-state index contributed by atoms with van der Waals surface area (Å²) in [6.45, 7) is 0. The lowest BCUT2D eigenvalue weighted by atomic mass is 10.1. The van der Waals surface area contributed by atoms with Crippen LogP contribution in [0.5, 0.6) is 0 Å². The van der Waals surface area contributed by atoms with Crippen LogP contribution in [0.15, 0.2) is 73.1 Å². The molecule has 134 valence electrons. The van der Waals surface area contributed by atoms with E-state index in [1.165, 1.54) is 10.3 Å². The van der Waals surface area contributed by atoms with Gasteiger partial charge in [0.15, 0.2) is 0 Å². The number of nitrogens with zero attached hydrogens (tertiary/aromatic N) is 2. The van der Waals surface area contributed by atoms with Crippen molar-refractivity contribution in [1.29, 1.82) is 0 Å². The van der Waals surface area contributed by atoms with Crippen molar-refractivity contribution >= 4 is 33.1 Å². The molecule has 1 N–H and O–H groups in total. The van der Waals surface area contributed by atoms with Gasteiger partial charge < -0.3 is 5.32 Å². The van der Waals surface area contributed by atoms with Crippen molar-refractivity contribution in [3.8, 4) is 0 Å². The van der Waals surface area contributed by atoms with Crippen LogP contribution >= 0.6 is 11.3 Å². The van der Waals surface area contributed by atoms with Gasteiger partial charge in [0, 0.05) is 30.9 Å². The molecule has 4 nitrogen and oxygen atoms in total. The van der Waals surface area contributed by atoms with Crippen LogP contribution in [0.1, 0.15) is 22.6 Å². The fourth-order valence-electron chi connectivity index (χ4n) is 2.90. The Bertz CT molecular complexity index is 1010.